The van der Waals surface area contributed by atoms with Crippen molar-refractivity contribution in [3.8, 4) is 28.8 Å². The molecule has 1 aliphatic heterocycles. The second kappa shape index (κ2) is 11.9. The predicted octanol–water partition coefficient (Wildman–Crippen LogP) is 5.26. The van der Waals surface area contributed by atoms with Gasteiger partial charge in [0.05, 0.1) is 18.0 Å². The lowest BCUT2D eigenvalue weighted by atomic mass is 10.0. The Morgan fingerprint density at radius 1 is 1.18 bits per heavy atom. The van der Waals surface area contributed by atoms with Crippen LogP contribution in [0.3, 0.4) is 0 Å². The number of nitriles is 1. The average molecular weight is 617 g/mol. The second-order valence-corrected chi connectivity index (χ2v) is 11.9. The monoisotopic (exact) mass is 616 g/mol. The molecule has 0 spiro atoms. The van der Waals surface area contributed by atoms with Crippen LogP contribution in [0.4, 0.5) is 19.0 Å². The number of aromatic nitrogens is 4. The highest BCUT2D eigenvalue weighted by Gasteiger charge is 2.34. The van der Waals surface area contributed by atoms with E-state index in [1.165, 1.54) is 30.6 Å². The van der Waals surface area contributed by atoms with Crippen LogP contribution in [0.1, 0.15) is 39.5 Å². The molecule has 0 unspecified atom stereocenters. The fraction of sp³-hybridized carbons (Fsp3) is 0.344. The van der Waals surface area contributed by atoms with Crippen LogP contribution in [0.15, 0.2) is 54.4 Å². The number of nitrogens with zero attached hydrogens (tertiary/aromatic N) is 6. The van der Waals surface area contributed by atoms with E-state index in [4.69, 9.17) is 10.5 Å². The first-order valence-electron chi connectivity index (χ1n) is 14.6. The van der Waals surface area contributed by atoms with E-state index in [-0.39, 0.29) is 52.6 Å². The van der Waals surface area contributed by atoms with Gasteiger partial charge in [-0.1, -0.05) is 6.07 Å². The van der Waals surface area contributed by atoms with Crippen LogP contribution in [0.25, 0.3) is 22.3 Å². The first kappa shape index (κ1) is 30.1. The van der Waals surface area contributed by atoms with E-state index in [0.29, 0.717) is 30.0 Å². The summed E-state index contributed by atoms with van der Waals surface area (Å²) in [5.74, 6) is -3.73. The van der Waals surface area contributed by atoms with Crippen LogP contribution in [0.2, 0.25) is 0 Å². The van der Waals surface area contributed by atoms with Gasteiger partial charge in [0.25, 0.3) is 5.91 Å². The highest BCUT2D eigenvalue weighted by Crippen LogP contribution is 2.35. The maximum Gasteiger partial charge on any atom is 0.264 e. The summed E-state index contributed by atoms with van der Waals surface area (Å²) in [4.78, 5) is 23.7. The summed E-state index contributed by atoms with van der Waals surface area (Å²) < 4.78 is 50.2. The van der Waals surface area contributed by atoms with Gasteiger partial charge in [0.2, 0.25) is 5.82 Å². The molecule has 1 atom stereocenters. The number of hydrogen-bond acceptors (Lipinski definition) is 8. The Hall–Kier alpha value is -4.96. The quantitative estimate of drug-likeness (QED) is 0.192. The molecule has 10 nitrogen and oxygen atoms in total. The van der Waals surface area contributed by atoms with E-state index in [1.807, 2.05) is 13.8 Å². The zero-order valence-corrected chi connectivity index (χ0v) is 24.7. The van der Waals surface area contributed by atoms with E-state index in [9.17, 15) is 18.8 Å². The minimum Gasteiger partial charge on any atom is -0.454 e. The summed E-state index contributed by atoms with van der Waals surface area (Å²) in [6.07, 6.45) is 6.53. The largest absolute Gasteiger partial charge is 0.454 e. The molecule has 2 aromatic carbocycles. The lowest BCUT2D eigenvalue weighted by Crippen LogP contribution is -2.42. The van der Waals surface area contributed by atoms with Gasteiger partial charge in [-0.05, 0) is 69.9 Å². The molecule has 2 aliphatic rings. The maximum absolute atomic E-state index is 15.5. The SMILES string of the molecule is CC(C)(/C=C(/C#N)C(=O)N1CCC[C@@H]1Cn1nc(-c2ccc(Oc3cccc(F)c3F)cc2F)c2c(N)ncnc21)NC1CC1. The number of nitrogen functional groups attached to an aromatic ring is 1. The Morgan fingerprint density at radius 2 is 1.98 bits per heavy atom. The first-order chi connectivity index (χ1) is 21.5. The minimum atomic E-state index is -1.19. The number of nitrogens with one attached hydrogen (secondary N) is 1. The highest BCUT2D eigenvalue weighted by molar-refractivity contribution is 5.99. The van der Waals surface area contributed by atoms with Gasteiger partial charge >= 0.3 is 0 Å². The number of nitrogens with two attached hydrogens (primary N) is 1. The number of likely N-dealkylation sites (tertiary alicyclic amines) is 1. The topological polar surface area (TPSA) is 135 Å². The minimum absolute atomic E-state index is 0.0503. The molecule has 1 saturated carbocycles. The number of halogens is 3. The summed E-state index contributed by atoms with van der Waals surface area (Å²) in [5.41, 5.74) is 6.35. The summed E-state index contributed by atoms with van der Waals surface area (Å²) in [5, 5.41) is 18.3. The van der Waals surface area contributed by atoms with Gasteiger partial charge in [-0.15, -0.1) is 0 Å². The number of carbonyl (C=O) groups excluding carboxylic acids is 1. The fourth-order valence-corrected chi connectivity index (χ4v) is 5.73. The van der Waals surface area contributed by atoms with Crippen LogP contribution in [-0.2, 0) is 11.3 Å². The molecule has 3 heterocycles. The predicted molar refractivity (Wildman–Crippen MR) is 160 cm³/mol. The molecule has 1 saturated heterocycles. The summed E-state index contributed by atoms with van der Waals surface area (Å²) in [6.45, 7) is 4.58. The molecule has 1 aliphatic carbocycles. The lowest BCUT2D eigenvalue weighted by molar-refractivity contribution is -0.127. The third-order valence-corrected chi connectivity index (χ3v) is 7.93. The normalized spacial score (nSPS) is 17.1. The van der Waals surface area contributed by atoms with Crippen molar-refractivity contribution in [1.29, 1.82) is 5.26 Å². The van der Waals surface area contributed by atoms with Crippen LogP contribution in [-0.4, -0.2) is 54.7 Å². The van der Waals surface area contributed by atoms with Crippen LogP contribution >= 0.6 is 0 Å². The van der Waals surface area contributed by atoms with E-state index in [0.717, 1.165) is 31.4 Å². The van der Waals surface area contributed by atoms with Gasteiger partial charge in [-0.3, -0.25) is 4.79 Å². The van der Waals surface area contributed by atoms with E-state index < -0.39 is 23.0 Å². The van der Waals surface area contributed by atoms with Crippen molar-refractivity contribution >= 4 is 22.8 Å². The number of fused-ring (bicyclic) bond motifs is 1. The Balaban J connectivity index is 1.29. The van der Waals surface area contributed by atoms with Crippen molar-refractivity contribution in [2.75, 3.05) is 12.3 Å². The number of amides is 1. The Labute approximate surface area is 257 Å². The number of carbonyl (C=O) groups is 1. The Kier molecular flexibility index (Phi) is 7.92. The van der Waals surface area contributed by atoms with Crippen molar-refractivity contribution in [3.63, 3.8) is 0 Å². The number of anilines is 1. The zero-order chi connectivity index (χ0) is 31.9. The molecular formula is C32H31F3N8O2. The fourth-order valence-electron chi connectivity index (χ4n) is 5.73. The van der Waals surface area contributed by atoms with Crippen molar-refractivity contribution in [2.45, 2.75) is 63.7 Å². The number of benzene rings is 2. The first-order valence-corrected chi connectivity index (χ1v) is 14.6. The number of hydrogen-bond donors (Lipinski definition) is 2. The third-order valence-electron chi connectivity index (χ3n) is 7.93. The van der Waals surface area contributed by atoms with Crippen LogP contribution in [0, 0.1) is 28.8 Å². The van der Waals surface area contributed by atoms with Gasteiger partial charge in [0.15, 0.2) is 17.2 Å². The van der Waals surface area contributed by atoms with Crippen molar-refractivity contribution in [1.82, 2.24) is 30.0 Å². The molecule has 232 valence electrons. The molecular weight excluding hydrogens is 585 g/mol. The smallest absolute Gasteiger partial charge is 0.264 e. The molecule has 13 heteroatoms. The van der Waals surface area contributed by atoms with Gasteiger partial charge < -0.3 is 20.7 Å². The molecule has 6 rings (SSSR count). The summed E-state index contributed by atoms with van der Waals surface area (Å²) >= 11 is 0. The highest BCUT2D eigenvalue weighted by atomic mass is 19.2. The van der Waals surface area contributed by atoms with E-state index in [1.54, 1.807) is 15.7 Å². The molecule has 4 aromatic rings. The van der Waals surface area contributed by atoms with Crippen molar-refractivity contribution < 1.29 is 22.7 Å². The number of rotatable bonds is 9. The maximum atomic E-state index is 15.5. The number of ether oxygens (including phenoxy) is 1. The Bertz CT molecular complexity index is 1860. The average Bonchev–Trinajstić information content (AvgIpc) is 3.54. The van der Waals surface area contributed by atoms with Crippen LogP contribution < -0.4 is 15.8 Å². The molecule has 2 fully saturated rings. The molecule has 0 bridgehead atoms. The molecule has 0 radical (unpaired) electrons. The van der Waals surface area contributed by atoms with Gasteiger partial charge in [0, 0.05) is 29.8 Å². The van der Waals surface area contributed by atoms with Crippen LogP contribution in [0.5, 0.6) is 11.5 Å². The standard InChI is InChI=1S/C32H31F3N8O2/c1-32(2,40-19-8-9-19)14-18(15-36)31(44)42-12-4-5-20(42)16-43-30-26(29(37)38-17-39-30)28(41-43)22-11-10-21(13-24(22)34)45-25-7-3-6-23(33)27(25)35/h3,6-7,10-11,13-14,17,19-20,40H,4-5,8-9,12,16H2,1-2H3,(H2,37,38,39)/b18-14-/t20-/m1/s1. The zero-order valence-electron chi connectivity index (χ0n) is 24.7. The van der Waals surface area contributed by atoms with Gasteiger partial charge in [-0.25, -0.2) is 23.4 Å². The van der Waals surface area contributed by atoms with Gasteiger partial charge in [-0.2, -0.15) is 14.8 Å². The van der Waals surface area contributed by atoms with E-state index in [2.05, 4.69) is 26.5 Å². The second-order valence-electron chi connectivity index (χ2n) is 11.9. The Morgan fingerprint density at radius 3 is 2.71 bits per heavy atom. The summed E-state index contributed by atoms with van der Waals surface area (Å²) in [7, 11) is 0. The molecule has 3 N–H and O–H groups in total. The molecule has 2 aromatic heterocycles. The molecule has 45 heavy (non-hydrogen) atoms. The summed E-state index contributed by atoms with van der Waals surface area (Å²) in [6, 6.07) is 9.48. The van der Waals surface area contributed by atoms with Crippen molar-refractivity contribution in [2.24, 2.45) is 0 Å². The van der Waals surface area contributed by atoms with E-state index >= 15 is 4.39 Å². The van der Waals surface area contributed by atoms with Crippen molar-refractivity contribution in [3.05, 3.63) is 71.8 Å². The van der Waals surface area contributed by atoms with Gasteiger partial charge in [0.1, 0.15) is 41.0 Å². The third kappa shape index (κ3) is 6.19. The lowest BCUT2D eigenvalue weighted by Gasteiger charge is -2.27. The molecule has 1 amide bonds.